The lowest BCUT2D eigenvalue weighted by Crippen LogP contribution is -2.30. The van der Waals surface area contributed by atoms with Crippen LogP contribution < -0.4 is 5.73 Å². The summed E-state index contributed by atoms with van der Waals surface area (Å²) in [5.74, 6) is 1.12. The van der Waals surface area contributed by atoms with Crippen LogP contribution in [0.3, 0.4) is 0 Å². The number of hydrogen-bond donors (Lipinski definition) is 2. The zero-order valence-electron chi connectivity index (χ0n) is 13.1. The number of carboxylic acids is 1. The zero-order chi connectivity index (χ0) is 15.1. The van der Waals surface area contributed by atoms with Crippen LogP contribution in [0.15, 0.2) is 0 Å². The lowest BCUT2D eigenvalue weighted by molar-refractivity contribution is -0.138. The molecule has 0 aliphatic heterocycles. The summed E-state index contributed by atoms with van der Waals surface area (Å²) < 4.78 is 0. The Hall–Kier alpha value is -0.220. The molecule has 0 bridgehead atoms. The Balaban J connectivity index is 3.04. The standard InChI is InChI=1S/C16H33NO2S/c1-2-3-4-5-6-7-8-9-10-11-13-20-14-12-15(17)16(18)19/h15H,2-14,17H2,1H3,(H,18,19)/t15-/m0/s1. The average Bonchev–Trinajstić information content (AvgIpc) is 2.43. The second kappa shape index (κ2) is 15.2. The van der Waals surface area contributed by atoms with E-state index in [2.05, 4.69) is 6.92 Å². The predicted octanol–water partition coefficient (Wildman–Crippen LogP) is 4.44. The van der Waals surface area contributed by atoms with E-state index in [0.717, 1.165) is 11.5 Å². The molecule has 120 valence electrons. The van der Waals surface area contributed by atoms with Crippen LogP contribution in [0.4, 0.5) is 0 Å². The SMILES string of the molecule is CCCCCCCCCCCCSCC[C@H](N)C(=O)O. The molecule has 0 aliphatic rings. The van der Waals surface area contributed by atoms with Crippen LogP contribution in [0.5, 0.6) is 0 Å². The van der Waals surface area contributed by atoms with Crippen molar-refractivity contribution in [2.24, 2.45) is 5.73 Å². The molecule has 0 spiro atoms. The monoisotopic (exact) mass is 303 g/mol. The molecule has 0 aromatic carbocycles. The van der Waals surface area contributed by atoms with Crippen LogP contribution >= 0.6 is 11.8 Å². The molecule has 0 aliphatic carbocycles. The Bertz CT molecular complexity index is 225. The van der Waals surface area contributed by atoms with Gasteiger partial charge in [-0.1, -0.05) is 64.7 Å². The molecule has 0 heterocycles. The minimum absolute atomic E-state index is 0.581. The normalized spacial score (nSPS) is 12.5. The molecule has 0 rings (SSSR count). The fourth-order valence-electron chi connectivity index (χ4n) is 2.13. The van der Waals surface area contributed by atoms with E-state index in [4.69, 9.17) is 10.8 Å². The summed E-state index contributed by atoms with van der Waals surface area (Å²) in [4.78, 5) is 10.5. The minimum Gasteiger partial charge on any atom is -0.480 e. The van der Waals surface area contributed by atoms with E-state index in [0.29, 0.717) is 6.42 Å². The van der Waals surface area contributed by atoms with Crippen LogP contribution in [0.25, 0.3) is 0 Å². The number of hydrogen-bond acceptors (Lipinski definition) is 3. The molecule has 0 saturated heterocycles. The summed E-state index contributed by atoms with van der Waals surface area (Å²) in [6.07, 6.45) is 14.2. The molecule has 4 heteroatoms. The van der Waals surface area contributed by atoms with Crippen molar-refractivity contribution in [1.29, 1.82) is 0 Å². The highest BCUT2D eigenvalue weighted by atomic mass is 32.2. The molecule has 0 unspecified atom stereocenters. The Morgan fingerprint density at radius 2 is 1.45 bits per heavy atom. The Labute approximate surface area is 129 Å². The van der Waals surface area contributed by atoms with Crippen molar-refractivity contribution in [3.63, 3.8) is 0 Å². The number of rotatable bonds is 15. The third-order valence-electron chi connectivity index (χ3n) is 3.53. The van der Waals surface area contributed by atoms with Crippen molar-refractivity contribution in [1.82, 2.24) is 0 Å². The first-order chi connectivity index (χ1) is 9.68. The van der Waals surface area contributed by atoms with Crippen molar-refractivity contribution >= 4 is 17.7 Å². The summed E-state index contributed by atoms with van der Waals surface area (Å²) >= 11 is 1.83. The van der Waals surface area contributed by atoms with Gasteiger partial charge in [0, 0.05) is 0 Å². The molecule has 1 atom stereocenters. The highest BCUT2D eigenvalue weighted by Crippen LogP contribution is 2.13. The first-order valence-corrected chi connectivity index (χ1v) is 9.40. The second-order valence-corrected chi connectivity index (χ2v) is 6.75. The van der Waals surface area contributed by atoms with Crippen molar-refractivity contribution in [2.45, 2.75) is 83.6 Å². The van der Waals surface area contributed by atoms with Crippen LogP contribution in [-0.2, 0) is 4.79 Å². The zero-order valence-corrected chi connectivity index (χ0v) is 13.9. The molecular weight excluding hydrogens is 270 g/mol. The van der Waals surface area contributed by atoms with Gasteiger partial charge in [0.25, 0.3) is 0 Å². The van der Waals surface area contributed by atoms with Gasteiger partial charge in [0.1, 0.15) is 6.04 Å². The molecule has 0 amide bonds. The summed E-state index contributed by atoms with van der Waals surface area (Å²) in [6.45, 7) is 2.26. The van der Waals surface area contributed by atoms with Gasteiger partial charge in [0.05, 0.1) is 0 Å². The van der Waals surface area contributed by atoms with Gasteiger partial charge in [0.15, 0.2) is 0 Å². The number of carboxylic acid groups (broad SMARTS) is 1. The molecule has 0 aromatic heterocycles. The Kier molecular flexibility index (Phi) is 15.0. The Morgan fingerprint density at radius 1 is 0.950 bits per heavy atom. The predicted molar refractivity (Wildman–Crippen MR) is 89.4 cm³/mol. The van der Waals surface area contributed by atoms with Gasteiger partial charge in [-0.05, 0) is 24.3 Å². The van der Waals surface area contributed by atoms with Crippen molar-refractivity contribution in [3.05, 3.63) is 0 Å². The summed E-state index contributed by atoms with van der Waals surface area (Å²) in [6, 6.07) is -0.685. The molecule has 0 radical (unpaired) electrons. The highest BCUT2D eigenvalue weighted by molar-refractivity contribution is 7.99. The Morgan fingerprint density at radius 3 is 1.95 bits per heavy atom. The molecule has 0 fully saturated rings. The van der Waals surface area contributed by atoms with Crippen LogP contribution in [-0.4, -0.2) is 28.6 Å². The molecular formula is C16H33NO2S. The van der Waals surface area contributed by atoms with Gasteiger partial charge in [0.2, 0.25) is 0 Å². The topological polar surface area (TPSA) is 63.3 Å². The largest absolute Gasteiger partial charge is 0.480 e. The van der Waals surface area contributed by atoms with Crippen molar-refractivity contribution in [3.8, 4) is 0 Å². The maximum atomic E-state index is 10.5. The van der Waals surface area contributed by atoms with Gasteiger partial charge in [-0.25, -0.2) is 0 Å². The van der Waals surface area contributed by atoms with Gasteiger partial charge in [-0.15, -0.1) is 0 Å². The van der Waals surface area contributed by atoms with Crippen LogP contribution in [0, 0.1) is 0 Å². The third kappa shape index (κ3) is 14.2. The maximum Gasteiger partial charge on any atom is 0.320 e. The van der Waals surface area contributed by atoms with E-state index >= 15 is 0 Å². The summed E-state index contributed by atoms with van der Waals surface area (Å²) in [5, 5.41) is 8.64. The number of aliphatic carboxylic acids is 1. The van der Waals surface area contributed by atoms with E-state index in [1.807, 2.05) is 11.8 Å². The molecule has 20 heavy (non-hydrogen) atoms. The molecule has 0 aromatic rings. The van der Waals surface area contributed by atoms with Crippen molar-refractivity contribution < 1.29 is 9.90 Å². The number of carbonyl (C=O) groups is 1. The van der Waals surface area contributed by atoms with Gasteiger partial charge < -0.3 is 10.8 Å². The second-order valence-electron chi connectivity index (χ2n) is 5.53. The van der Waals surface area contributed by atoms with E-state index in [1.165, 1.54) is 64.2 Å². The number of unbranched alkanes of at least 4 members (excludes halogenated alkanes) is 9. The quantitative estimate of drug-likeness (QED) is 0.439. The first kappa shape index (κ1) is 19.8. The van der Waals surface area contributed by atoms with Gasteiger partial charge >= 0.3 is 5.97 Å². The van der Waals surface area contributed by atoms with E-state index in [9.17, 15) is 4.79 Å². The van der Waals surface area contributed by atoms with Crippen molar-refractivity contribution in [2.75, 3.05) is 11.5 Å². The maximum absolute atomic E-state index is 10.5. The lowest BCUT2D eigenvalue weighted by atomic mass is 10.1. The van der Waals surface area contributed by atoms with E-state index in [-0.39, 0.29) is 0 Å². The minimum atomic E-state index is -0.885. The van der Waals surface area contributed by atoms with Gasteiger partial charge in [-0.3, -0.25) is 4.79 Å². The fraction of sp³-hybridized carbons (Fsp3) is 0.938. The van der Waals surface area contributed by atoms with Crippen LogP contribution in [0.2, 0.25) is 0 Å². The molecule has 0 saturated carbocycles. The average molecular weight is 304 g/mol. The number of thioether (sulfide) groups is 1. The lowest BCUT2D eigenvalue weighted by Gasteiger charge is -2.06. The number of nitrogens with two attached hydrogens (primary N) is 1. The highest BCUT2D eigenvalue weighted by Gasteiger charge is 2.09. The first-order valence-electron chi connectivity index (χ1n) is 8.24. The smallest absolute Gasteiger partial charge is 0.320 e. The fourth-order valence-corrected chi connectivity index (χ4v) is 3.16. The van der Waals surface area contributed by atoms with E-state index < -0.39 is 12.0 Å². The third-order valence-corrected chi connectivity index (χ3v) is 4.63. The van der Waals surface area contributed by atoms with E-state index in [1.54, 1.807) is 0 Å². The van der Waals surface area contributed by atoms with Crippen LogP contribution in [0.1, 0.15) is 77.6 Å². The summed E-state index contributed by atoms with van der Waals surface area (Å²) in [7, 11) is 0. The molecule has 3 nitrogen and oxygen atoms in total. The molecule has 3 N–H and O–H groups in total. The summed E-state index contributed by atoms with van der Waals surface area (Å²) in [5.41, 5.74) is 5.44. The van der Waals surface area contributed by atoms with Gasteiger partial charge in [-0.2, -0.15) is 11.8 Å².